The Labute approximate surface area is 173 Å². The van der Waals surface area contributed by atoms with Crippen molar-refractivity contribution in [3.63, 3.8) is 0 Å². The highest BCUT2D eigenvalue weighted by molar-refractivity contribution is 5.53. The van der Waals surface area contributed by atoms with Gasteiger partial charge in [0, 0.05) is 12.1 Å². The Morgan fingerprint density at radius 3 is 2.30 bits per heavy atom. The Morgan fingerprint density at radius 1 is 0.933 bits per heavy atom. The molecular formula is C21H26O9. The fourth-order valence-corrected chi connectivity index (χ4v) is 3.24. The normalized spacial score (nSPS) is 26.3. The minimum atomic E-state index is -1.58. The molecule has 0 amide bonds. The molecule has 1 aliphatic rings. The standard InChI is InChI=1S/C21H26O9/c1-10-4-12(23)7-14(5-10)28-20-11(2)6-13(27-3)8-15(20)29-21-19(26)18(25)17(24)16(9-22)30-21/h4-8,16-19,21-26H,9H2,1-3H3. The van der Waals surface area contributed by atoms with Gasteiger partial charge >= 0.3 is 0 Å². The molecule has 3 rings (SSSR count). The minimum Gasteiger partial charge on any atom is -0.508 e. The van der Waals surface area contributed by atoms with Crippen molar-refractivity contribution in [2.24, 2.45) is 0 Å². The van der Waals surface area contributed by atoms with Gasteiger partial charge in [-0.1, -0.05) is 0 Å². The van der Waals surface area contributed by atoms with Gasteiger partial charge in [0.25, 0.3) is 0 Å². The highest BCUT2D eigenvalue weighted by Crippen LogP contribution is 2.40. The molecule has 0 spiro atoms. The zero-order valence-corrected chi connectivity index (χ0v) is 16.8. The summed E-state index contributed by atoms with van der Waals surface area (Å²) in [5.74, 6) is 1.26. The summed E-state index contributed by atoms with van der Waals surface area (Å²) in [4.78, 5) is 0. The first kappa shape index (κ1) is 22.1. The molecule has 5 atom stereocenters. The topological polar surface area (TPSA) is 138 Å². The van der Waals surface area contributed by atoms with Gasteiger partial charge in [-0.15, -0.1) is 0 Å². The first-order valence-corrected chi connectivity index (χ1v) is 9.37. The van der Waals surface area contributed by atoms with E-state index in [1.807, 2.05) is 0 Å². The van der Waals surface area contributed by atoms with Gasteiger partial charge in [0.1, 0.15) is 41.7 Å². The molecule has 30 heavy (non-hydrogen) atoms. The largest absolute Gasteiger partial charge is 0.508 e. The van der Waals surface area contributed by atoms with Crippen LogP contribution in [-0.2, 0) is 4.74 Å². The zero-order chi connectivity index (χ0) is 22.0. The third kappa shape index (κ3) is 4.61. The van der Waals surface area contributed by atoms with Crippen LogP contribution in [0.3, 0.4) is 0 Å². The van der Waals surface area contributed by atoms with Gasteiger partial charge in [0.2, 0.25) is 6.29 Å². The van der Waals surface area contributed by atoms with Crippen LogP contribution in [0, 0.1) is 13.8 Å². The third-order valence-corrected chi connectivity index (χ3v) is 4.80. The molecule has 164 valence electrons. The van der Waals surface area contributed by atoms with E-state index in [0.717, 1.165) is 5.56 Å². The first-order valence-electron chi connectivity index (χ1n) is 9.37. The molecule has 5 N–H and O–H groups in total. The number of benzene rings is 2. The van der Waals surface area contributed by atoms with Crippen LogP contribution in [0.5, 0.6) is 28.7 Å². The predicted octanol–water partition coefficient (Wildman–Crippen LogP) is 0.989. The van der Waals surface area contributed by atoms with Gasteiger partial charge in [-0.25, -0.2) is 0 Å². The van der Waals surface area contributed by atoms with E-state index < -0.39 is 37.3 Å². The van der Waals surface area contributed by atoms with Crippen molar-refractivity contribution in [1.82, 2.24) is 0 Å². The zero-order valence-electron chi connectivity index (χ0n) is 16.8. The maximum Gasteiger partial charge on any atom is 0.229 e. The number of aliphatic hydroxyl groups is 4. The molecule has 1 heterocycles. The molecule has 1 saturated heterocycles. The average Bonchev–Trinajstić information content (AvgIpc) is 2.69. The molecule has 1 fully saturated rings. The molecule has 0 aromatic heterocycles. The fourth-order valence-electron chi connectivity index (χ4n) is 3.24. The van der Waals surface area contributed by atoms with Crippen molar-refractivity contribution in [3.05, 3.63) is 41.5 Å². The van der Waals surface area contributed by atoms with Crippen LogP contribution in [-0.4, -0.2) is 70.0 Å². The number of methoxy groups -OCH3 is 1. The van der Waals surface area contributed by atoms with Crippen LogP contribution in [0.2, 0.25) is 0 Å². The Kier molecular flexibility index (Phi) is 6.69. The molecule has 2 aromatic carbocycles. The van der Waals surface area contributed by atoms with Crippen molar-refractivity contribution in [2.75, 3.05) is 13.7 Å². The van der Waals surface area contributed by atoms with Crippen LogP contribution < -0.4 is 14.2 Å². The van der Waals surface area contributed by atoms with Crippen molar-refractivity contribution in [2.45, 2.75) is 44.6 Å². The number of phenolic OH excluding ortho intramolecular Hbond substituents is 1. The number of ether oxygens (including phenoxy) is 4. The number of aromatic hydroxyl groups is 1. The Morgan fingerprint density at radius 2 is 1.67 bits per heavy atom. The van der Waals surface area contributed by atoms with Gasteiger partial charge in [-0.05, 0) is 43.2 Å². The monoisotopic (exact) mass is 422 g/mol. The molecule has 9 heteroatoms. The molecule has 5 unspecified atom stereocenters. The van der Waals surface area contributed by atoms with Gasteiger partial charge < -0.3 is 44.5 Å². The van der Waals surface area contributed by atoms with E-state index in [1.54, 1.807) is 32.0 Å². The van der Waals surface area contributed by atoms with Gasteiger partial charge in [0.15, 0.2) is 11.5 Å². The number of hydrogen-bond donors (Lipinski definition) is 5. The number of phenols is 1. The van der Waals surface area contributed by atoms with Gasteiger partial charge in [-0.3, -0.25) is 0 Å². The highest BCUT2D eigenvalue weighted by atomic mass is 16.7. The van der Waals surface area contributed by atoms with Crippen LogP contribution in [0.1, 0.15) is 11.1 Å². The average molecular weight is 422 g/mol. The van der Waals surface area contributed by atoms with E-state index in [0.29, 0.717) is 17.1 Å². The van der Waals surface area contributed by atoms with Crippen LogP contribution in [0.15, 0.2) is 30.3 Å². The number of aliphatic hydroxyl groups excluding tert-OH is 4. The Balaban J connectivity index is 1.95. The van der Waals surface area contributed by atoms with E-state index in [-0.39, 0.29) is 17.2 Å². The summed E-state index contributed by atoms with van der Waals surface area (Å²) in [5.41, 5.74) is 1.42. The summed E-state index contributed by atoms with van der Waals surface area (Å²) in [6, 6.07) is 7.97. The molecule has 0 aliphatic carbocycles. The summed E-state index contributed by atoms with van der Waals surface area (Å²) in [7, 11) is 1.48. The summed E-state index contributed by atoms with van der Waals surface area (Å²) in [6.07, 6.45) is -7.16. The minimum absolute atomic E-state index is 0.0348. The van der Waals surface area contributed by atoms with Crippen molar-refractivity contribution >= 4 is 0 Å². The second-order valence-electron chi connectivity index (χ2n) is 7.19. The van der Waals surface area contributed by atoms with Crippen LogP contribution in [0.4, 0.5) is 0 Å². The lowest BCUT2D eigenvalue weighted by molar-refractivity contribution is -0.277. The van der Waals surface area contributed by atoms with Gasteiger partial charge in [0.05, 0.1) is 13.7 Å². The summed E-state index contributed by atoms with van der Waals surface area (Å²) >= 11 is 0. The fraction of sp³-hybridized carbons (Fsp3) is 0.429. The van der Waals surface area contributed by atoms with Crippen molar-refractivity contribution in [3.8, 4) is 28.7 Å². The predicted molar refractivity (Wildman–Crippen MR) is 105 cm³/mol. The van der Waals surface area contributed by atoms with E-state index in [1.165, 1.54) is 19.2 Å². The summed E-state index contributed by atoms with van der Waals surface area (Å²) < 4.78 is 22.4. The van der Waals surface area contributed by atoms with E-state index in [2.05, 4.69) is 0 Å². The maximum absolute atomic E-state index is 10.3. The number of aryl methyl sites for hydroxylation is 2. The lowest BCUT2D eigenvalue weighted by atomic mass is 9.99. The van der Waals surface area contributed by atoms with Crippen molar-refractivity contribution < 1.29 is 44.5 Å². The molecule has 0 radical (unpaired) electrons. The smallest absolute Gasteiger partial charge is 0.229 e. The first-order chi connectivity index (χ1) is 14.2. The second kappa shape index (κ2) is 9.07. The molecule has 0 bridgehead atoms. The number of rotatable bonds is 6. The highest BCUT2D eigenvalue weighted by Gasteiger charge is 2.45. The van der Waals surface area contributed by atoms with Crippen LogP contribution >= 0.6 is 0 Å². The Bertz CT molecular complexity index is 863. The van der Waals surface area contributed by atoms with Gasteiger partial charge in [-0.2, -0.15) is 0 Å². The van der Waals surface area contributed by atoms with E-state index >= 15 is 0 Å². The summed E-state index contributed by atoms with van der Waals surface area (Å²) in [5, 5.41) is 49.5. The van der Waals surface area contributed by atoms with E-state index in [4.69, 9.17) is 18.9 Å². The number of hydrogen-bond acceptors (Lipinski definition) is 9. The van der Waals surface area contributed by atoms with E-state index in [9.17, 15) is 25.5 Å². The molecule has 0 saturated carbocycles. The Hall–Kier alpha value is -2.56. The molecule has 2 aromatic rings. The third-order valence-electron chi connectivity index (χ3n) is 4.80. The van der Waals surface area contributed by atoms with Crippen LogP contribution in [0.25, 0.3) is 0 Å². The van der Waals surface area contributed by atoms with Crippen molar-refractivity contribution in [1.29, 1.82) is 0 Å². The second-order valence-corrected chi connectivity index (χ2v) is 7.19. The SMILES string of the molecule is COc1cc(C)c(Oc2cc(C)cc(O)c2)c(OC2OC(CO)C(O)C(O)C2O)c1. The molecular weight excluding hydrogens is 396 g/mol. The maximum atomic E-state index is 10.3. The lowest BCUT2D eigenvalue weighted by Gasteiger charge is -2.39. The quantitative estimate of drug-likeness (QED) is 0.461. The molecule has 1 aliphatic heterocycles. The lowest BCUT2D eigenvalue weighted by Crippen LogP contribution is -2.60. The summed E-state index contributed by atoms with van der Waals surface area (Å²) in [6.45, 7) is 2.99. The molecule has 9 nitrogen and oxygen atoms in total.